The largest absolute Gasteiger partial charge is 0.328 e. The molecule has 1 aromatic carbocycles. The molecule has 2 aromatic rings. The van der Waals surface area contributed by atoms with E-state index in [1.807, 2.05) is 4.98 Å². The van der Waals surface area contributed by atoms with Gasteiger partial charge in [-0.3, -0.25) is 14.3 Å². The molecule has 1 aromatic heterocycles. The predicted molar refractivity (Wildman–Crippen MR) is 79.9 cm³/mol. The summed E-state index contributed by atoms with van der Waals surface area (Å²) in [6.07, 6.45) is 0.862. The number of hydrogen-bond donors (Lipinski definition) is 1. The first-order valence-corrected chi connectivity index (χ1v) is 8.48. The Bertz CT molecular complexity index is 918. The van der Waals surface area contributed by atoms with Gasteiger partial charge < -0.3 is 0 Å². The summed E-state index contributed by atoms with van der Waals surface area (Å²) >= 11 is 11.8. The SMILES string of the molecule is O=c1[nH]c(=O)n(Cc2cccc(Cl)c2Cl)cc1S(=O)(=O)Cl. The molecule has 0 aliphatic rings. The van der Waals surface area contributed by atoms with E-state index in [0.29, 0.717) is 5.56 Å². The van der Waals surface area contributed by atoms with Crippen molar-refractivity contribution in [2.75, 3.05) is 0 Å². The molecule has 0 amide bonds. The van der Waals surface area contributed by atoms with Crippen LogP contribution >= 0.6 is 33.9 Å². The van der Waals surface area contributed by atoms with E-state index in [-0.39, 0.29) is 16.6 Å². The number of nitrogens with zero attached hydrogens (tertiary/aromatic N) is 1. The summed E-state index contributed by atoms with van der Waals surface area (Å²) in [6, 6.07) is 4.80. The molecule has 0 atom stereocenters. The number of hydrogen-bond acceptors (Lipinski definition) is 4. The van der Waals surface area contributed by atoms with Gasteiger partial charge in [-0.2, -0.15) is 0 Å². The second kappa shape index (κ2) is 5.84. The standard InChI is InChI=1S/C11H7Cl3N2O4S/c12-7-3-1-2-6(9(7)13)4-16-5-8(21(14,19)20)10(17)15-11(16)18/h1-3,5H,4H2,(H,15,17,18). The molecule has 10 heteroatoms. The maximum atomic E-state index is 11.7. The molecule has 1 heterocycles. The number of nitrogens with one attached hydrogen (secondary N) is 1. The fourth-order valence-electron chi connectivity index (χ4n) is 1.63. The summed E-state index contributed by atoms with van der Waals surface area (Å²) in [7, 11) is 0.864. The molecule has 6 nitrogen and oxygen atoms in total. The van der Waals surface area contributed by atoms with Crippen molar-refractivity contribution in [2.45, 2.75) is 11.4 Å². The zero-order chi connectivity index (χ0) is 15.8. The fraction of sp³-hybridized carbons (Fsp3) is 0.0909. The first kappa shape index (κ1) is 16.1. The molecule has 2 rings (SSSR count). The zero-order valence-electron chi connectivity index (χ0n) is 10.1. The molecule has 112 valence electrons. The Balaban J connectivity index is 2.58. The van der Waals surface area contributed by atoms with Crippen LogP contribution in [0.4, 0.5) is 0 Å². The molecule has 0 fully saturated rings. The molecule has 0 saturated carbocycles. The second-order valence-corrected chi connectivity index (χ2v) is 7.35. The van der Waals surface area contributed by atoms with Gasteiger partial charge in [0.15, 0.2) is 4.90 Å². The van der Waals surface area contributed by atoms with Gasteiger partial charge in [0.25, 0.3) is 14.6 Å². The van der Waals surface area contributed by atoms with E-state index in [1.165, 1.54) is 0 Å². The van der Waals surface area contributed by atoms with E-state index in [1.54, 1.807) is 18.2 Å². The van der Waals surface area contributed by atoms with Crippen LogP contribution < -0.4 is 11.2 Å². The van der Waals surface area contributed by atoms with Crippen LogP contribution in [0.1, 0.15) is 5.56 Å². The minimum atomic E-state index is -4.27. The third-order valence-corrected chi connectivity index (χ3v) is 4.79. The highest BCUT2D eigenvalue weighted by atomic mass is 35.7. The minimum Gasteiger partial charge on any atom is -0.295 e. The molecule has 0 aliphatic carbocycles. The number of rotatable bonds is 3. The maximum absolute atomic E-state index is 11.7. The van der Waals surface area contributed by atoms with Gasteiger partial charge in [0, 0.05) is 16.9 Å². The monoisotopic (exact) mass is 368 g/mol. The van der Waals surface area contributed by atoms with Crippen LogP contribution in [0.3, 0.4) is 0 Å². The van der Waals surface area contributed by atoms with Gasteiger partial charge in [-0.15, -0.1) is 0 Å². The summed E-state index contributed by atoms with van der Waals surface area (Å²) in [4.78, 5) is 24.3. The number of H-pyrrole nitrogens is 1. The molecule has 0 radical (unpaired) electrons. The number of aromatic amines is 1. The molecular weight excluding hydrogens is 363 g/mol. The Morgan fingerprint density at radius 1 is 1.19 bits per heavy atom. The van der Waals surface area contributed by atoms with Crippen molar-refractivity contribution in [1.82, 2.24) is 9.55 Å². The van der Waals surface area contributed by atoms with E-state index < -0.39 is 25.2 Å². The summed E-state index contributed by atoms with van der Waals surface area (Å²) < 4.78 is 23.5. The molecule has 0 bridgehead atoms. The van der Waals surface area contributed by atoms with E-state index in [2.05, 4.69) is 0 Å². The molecule has 0 saturated heterocycles. The Hall–Kier alpha value is -1.28. The minimum absolute atomic E-state index is 0.0750. The smallest absolute Gasteiger partial charge is 0.295 e. The number of aromatic nitrogens is 2. The van der Waals surface area contributed by atoms with Gasteiger partial charge in [-0.1, -0.05) is 35.3 Å². The van der Waals surface area contributed by atoms with Crippen molar-refractivity contribution >= 4 is 42.9 Å². The average Bonchev–Trinajstić information content (AvgIpc) is 2.36. The van der Waals surface area contributed by atoms with Gasteiger partial charge in [-0.05, 0) is 11.6 Å². The summed E-state index contributed by atoms with van der Waals surface area (Å²) in [5, 5.41) is 0.518. The van der Waals surface area contributed by atoms with Crippen LogP contribution in [0.5, 0.6) is 0 Å². The summed E-state index contributed by atoms with van der Waals surface area (Å²) in [5.41, 5.74) is -1.39. The van der Waals surface area contributed by atoms with E-state index >= 15 is 0 Å². The van der Waals surface area contributed by atoms with Gasteiger partial charge in [0.2, 0.25) is 0 Å². The molecule has 0 spiro atoms. The van der Waals surface area contributed by atoms with Crippen molar-refractivity contribution in [2.24, 2.45) is 0 Å². The van der Waals surface area contributed by atoms with Gasteiger partial charge in [0.05, 0.1) is 16.6 Å². The van der Waals surface area contributed by atoms with Crippen molar-refractivity contribution in [3.05, 3.63) is 60.8 Å². The number of halogens is 3. The highest BCUT2D eigenvalue weighted by molar-refractivity contribution is 8.13. The quantitative estimate of drug-likeness (QED) is 0.836. The lowest BCUT2D eigenvalue weighted by Gasteiger charge is -2.09. The Kier molecular flexibility index (Phi) is 4.48. The second-order valence-electron chi connectivity index (χ2n) is 4.03. The summed E-state index contributed by atoms with van der Waals surface area (Å²) in [6.45, 7) is -0.0750. The first-order valence-electron chi connectivity index (χ1n) is 5.41. The van der Waals surface area contributed by atoms with E-state index in [4.69, 9.17) is 33.9 Å². The van der Waals surface area contributed by atoms with Crippen LogP contribution in [-0.2, 0) is 15.6 Å². The third-order valence-electron chi connectivity index (χ3n) is 2.61. The lowest BCUT2D eigenvalue weighted by Crippen LogP contribution is -2.32. The number of benzene rings is 1. The van der Waals surface area contributed by atoms with Crippen LogP contribution in [-0.4, -0.2) is 18.0 Å². The molecule has 21 heavy (non-hydrogen) atoms. The molecule has 0 aliphatic heterocycles. The van der Waals surface area contributed by atoms with Crippen molar-refractivity contribution in [3.63, 3.8) is 0 Å². The van der Waals surface area contributed by atoms with Gasteiger partial charge in [0.1, 0.15) is 0 Å². The maximum Gasteiger partial charge on any atom is 0.328 e. The lowest BCUT2D eigenvalue weighted by atomic mass is 10.2. The fourth-order valence-corrected chi connectivity index (χ4v) is 2.87. The van der Waals surface area contributed by atoms with Crippen LogP contribution in [0.25, 0.3) is 0 Å². The van der Waals surface area contributed by atoms with Crippen LogP contribution in [0, 0.1) is 0 Å². The van der Waals surface area contributed by atoms with Gasteiger partial charge >= 0.3 is 5.69 Å². The van der Waals surface area contributed by atoms with Crippen LogP contribution in [0.15, 0.2) is 38.9 Å². The topological polar surface area (TPSA) is 89.0 Å². The molecular formula is C11H7Cl3N2O4S. The van der Waals surface area contributed by atoms with Gasteiger partial charge in [-0.25, -0.2) is 13.2 Å². The summed E-state index contributed by atoms with van der Waals surface area (Å²) in [5.74, 6) is 0. The third kappa shape index (κ3) is 3.49. The molecule has 1 N–H and O–H groups in total. The van der Waals surface area contributed by atoms with Crippen molar-refractivity contribution < 1.29 is 8.42 Å². The van der Waals surface area contributed by atoms with E-state index in [9.17, 15) is 18.0 Å². The molecule has 0 unspecified atom stereocenters. The van der Waals surface area contributed by atoms with Crippen molar-refractivity contribution in [1.29, 1.82) is 0 Å². The average molecular weight is 370 g/mol. The van der Waals surface area contributed by atoms with E-state index in [0.717, 1.165) is 10.8 Å². The predicted octanol–water partition coefficient (Wildman–Crippen LogP) is 1.82. The highest BCUT2D eigenvalue weighted by Crippen LogP contribution is 2.25. The highest BCUT2D eigenvalue weighted by Gasteiger charge is 2.17. The normalized spacial score (nSPS) is 11.6. The lowest BCUT2D eigenvalue weighted by molar-refractivity contribution is 0.603. The zero-order valence-corrected chi connectivity index (χ0v) is 13.2. The Morgan fingerprint density at radius 3 is 2.48 bits per heavy atom. The Labute approximate surface area is 133 Å². The Morgan fingerprint density at radius 2 is 1.86 bits per heavy atom. The first-order chi connectivity index (χ1) is 9.70. The van der Waals surface area contributed by atoms with Crippen LogP contribution in [0.2, 0.25) is 10.0 Å². The van der Waals surface area contributed by atoms with Crippen molar-refractivity contribution in [3.8, 4) is 0 Å².